The minimum absolute atomic E-state index is 0.0495. The first-order chi connectivity index (χ1) is 21.8. The van der Waals surface area contributed by atoms with Crippen molar-refractivity contribution in [1.29, 1.82) is 0 Å². The zero-order valence-electron chi connectivity index (χ0n) is 24.8. The molecule has 3 aromatic heterocycles. The molecule has 0 fully saturated rings. The third kappa shape index (κ3) is 7.21. The number of hydrogen-bond donors (Lipinski definition) is 4. The van der Waals surface area contributed by atoms with Gasteiger partial charge < -0.3 is 31.6 Å². The second-order valence-corrected chi connectivity index (χ2v) is 10.2. The third-order valence-electron chi connectivity index (χ3n) is 6.93. The number of amides is 2. The highest BCUT2D eigenvalue weighted by molar-refractivity contribution is 6.31. The third-order valence-corrected chi connectivity index (χ3v) is 7.20. The van der Waals surface area contributed by atoms with E-state index in [1.54, 1.807) is 24.5 Å². The number of anilines is 3. The van der Waals surface area contributed by atoms with Gasteiger partial charge in [-0.15, -0.1) is 0 Å². The minimum Gasteiger partial charge on any atom is -0.487 e. The molecule has 2 aromatic carbocycles. The lowest BCUT2D eigenvalue weighted by Gasteiger charge is -2.10. The number of nitrogen functional groups attached to an aromatic ring is 2. The van der Waals surface area contributed by atoms with E-state index in [1.807, 2.05) is 56.3 Å². The van der Waals surface area contributed by atoms with Gasteiger partial charge in [0.2, 0.25) is 0 Å². The van der Waals surface area contributed by atoms with Gasteiger partial charge in [0, 0.05) is 12.1 Å². The van der Waals surface area contributed by atoms with Crippen molar-refractivity contribution in [2.45, 2.75) is 40.1 Å². The molecule has 232 valence electrons. The fraction of sp³-hybridized carbons (Fsp3) is 0.226. The van der Waals surface area contributed by atoms with Crippen molar-refractivity contribution in [2.24, 2.45) is 0 Å². The summed E-state index contributed by atoms with van der Waals surface area (Å²) in [7, 11) is 0. The Kier molecular flexibility index (Phi) is 9.58. The van der Waals surface area contributed by atoms with Crippen LogP contribution >= 0.6 is 11.6 Å². The number of benzene rings is 2. The molecule has 3 heterocycles. The number of fused-ring (bicyclic) bond motifs is 1. The van der Waals surface area contributed by atoms with Gasteiger partial charge in [0.25, 0.3) is 17.6 Å². The van der Waals surface area contributed by atoms with Gasteiger partial charge in [-0.05, 0) is 31.5 Å². The number of rotatable bonds is 12. The highest BCUT2D eigenvalue weighted by atomic mass is 35.5. The first-order valence-electron chi connectivity index (χ1n) is 14.2. The number of nitrogens with zero attached hydrogens (tertiary/aromatic N) is 5. The van der Waals surface area contributed by atoms with E-state index in [-0.39, 0.29) is 41.5 Å². The Hall–Kier alpha value is -5.43. The number of aromatic nitrogens is 5. The zero-order chi connectivity index (χ0) is 31.9. The van der Waals surface area contributed by atoms with Gasteiger partial charge in [-0.1, -0.05) is 41.9 Å². The molecule has 0 atom stereocenters. The van der Waals surface area contributed by atoms with E-state index in [2.05, 4.69) is 34.7 Å². The summed E-state index contributed by atoms with van der Waals surface area (Å²) in [5, 5.41) is 5.55. The summed E-state index contributed by atoms with van der Waals surface area (Å²) >= 11 is 5.95. The number of imidazole rings is 1. The number of aryl methyl sites for hydroxylation is 2. The molecule has 0 unspecified atom stereocenters. The molecule has 0 saturated heterocycles. The molecule has 0 aliphatic rings. The second-order valence-electron chi connectivity index (χ2n) is 9.89. The summed E-state index contributed by atoms with van der Waals surface area (Å²) in [6.45, 7) is 5.63. The van der Waals surface area contributed by atoms with Gasteiger partial charge in [-0.25, -0.2) is 19.1 Å². The van der Waals surface area contributed by atoms with Crippen molar-refractivity contribution in [3.05, 3.63) is 89.2 Å². The molecule has 0 radical (unpaired) electrons. The number of halogens is 1. The van der Waals surface area contributed by atoms with Crippen LogP contribution < -0.4 is 36.1 Å². The quantitative estimate of drug-likeness (QED) is 0.150. The molecule has 0 bridgehead atoms. The number of hydrogen-bond acceptors (Lipinski definition) is 9. The lowest BCUT2D eigenvalue weighted by Crippen LogP contribution is -2.40. The summed E-state index contributed by atoms with van der Waals surface area (Å²) in [4.78, 5) is 37.6. The Morgan fingerprint density at radius 2 is 1.78 bits per heavy atom. The van der Waals surface area contributed by atoms with Crippen molar-refractivity contribution >= 4 is 51.8 Å². The maximum atomic E-state index is 12.9. The molecule has 5 rings (SSSR count). The summed E-state index contributed by atoms with van der Waals surface area (Å²) in [5.74, 6) is 0.852. The minimum atomic E-state index is -0.531. The first kappa shape index (κ1) is 31.0. The van der Waals surface area contributed by atoms with Crippen molar-refractivity contribution in [1.82, 2.24) is 24.8 Å². The number of pyridine rings is 1. The lowest BCUT2D eigenvalue weighted by atomic mass is 10.2. The Morgan fingerprint density at radius 1 is 0.978 bits per heavy atom. The summed E-state index contributed by atoms with van der Waals surface area (Å²) < 4.78 is 15.8. The van der Waals surface area contributed by atoms with Crippen molar-refractivity contribution < 1.29 is 23.6 Å². The van der Waals surface area contributed by atoms with E-state index < -0.39 is 5.91 Å². The van der Waals surface area contributed by atoms with Crippen LogP contribution in [0.3, 0.4) is 0 Å². The predicted molar refractivity (Wildman–Crippen MR) is 170 cm³/mol. The van der Waals surface area contributed by atoms with Gasteiger partial charge in [-0.3, -0.25) is 14.6 Å². The highest BCUT2D eigenvalue weighted by Gasteiger charge is 2.25. The maximum Gasteiger partial charge on any atom is 0.277 e. The molecular formula is C31H33ClN9O4+. The molecular weight excluding hydrogens is 598 g/mol. The molecule has 2 amide bonds. The zero-order valence-corrected chi connectivity index (χ0v) is 25.5. The molecule has 0 aliphatic carbocycles. The smallest absolute Gasteiger partial charge is 0.277 e. The van der Waals surface area contributed by atoms with Gasteiger partial charge >= 0.3 is 0 Å². The SMILES string of the molecule is CCn1c(CNC(=O)c2nc(Cl)c(N)nc2N)[n+](CC)c2ccc(OCC(=O)Nc3cncc(OCc4ccccc4)c3)cc21. The van der Waals surface area contributed by atoms with E-state index in [9.17, 15) is 9.59 Å². The average Bonchev–Trinajstić information content (AvgIpc) is 3.35. The topological polar surface area (TPSA) is 176 Å². The van der Waals surface area contributed by atoms with Crippen LogP contribution in [0.4, 0.5) is 17.3 Å². The molecule has 0 saturated carbocycles. The van der Waals surface area contributed by atoms with Gasteiger partial charge in [-0.2, -0.15) is 0 Å². The average molecular weight is 631 g/mol. The molecule has 0 spiro atoms. The van der Waals surface area contributed by atoms with E-state index in [0.29, 0.717) is 36.9 Å². The lowest BCUT2D eigenvalue weighted by molar-refractivity contribution is -0.676. The Balaban J connectivity index is 1.24. The van der Waals surface area contributed by atoms with Crippen molar-refractivity contribution in [3.8, 4) is 11.5 Å². The van der Waals surface area contributed by atoms with E-state index in [1.165, 1.54) is 0 Å². The Bertz CT molecular complexity index is 1850. The van der Waals surface area contributed by atoms with Gasteiger partial charge in [0.15, 0.2) is 40.1 Å². The second kappa shape index (κ2) is 13.9. The van der Waals surface area contributed by atoms with Crippen LogP contribution in [0.2, 0.25) is 5.15 Å². The molecule has 0 aliphatic heterocycles. The molecule has 14 heteroatoms. The van der Waals surface area contributed by atoms with E-state index >= 15 is 0 Å². The van der Waals surface area contributed by atoms with Gasteiger partial charge in [0.05, 0.1) is 31.2 Å². The maximum absolute atomic E-state index is 12.9. The molecule has 13 nitrogen and oxygen atoms in total. The van der Waals surface area contributed by atoms with Crippen LogP contribution in [0.25, 0.3) is 11.0 Å². The number of ether oxygens (including phenoxy) is 2. The Morgan fingerprint density at radius 3 is 2.53 bits per heavy atom. The van der Waals surface area contributed by atoms with Crippen LogP contribution in [0.1, 0.15) is 35.7 Å². The Labute approximate surface area is 264 Å². The number of carbonyl (C=O) groups excluding carboxylic acids is 2. The normalized spacial score (nSPS) is 10.9. The molecule has 45 heavy (non-hydrogen) atoms. The van der Waals surface area contributed by atoms with Gasteiger partial charge in [0.1, 0.15) is 24.7 Å². The van der Waals surface area contributed by atoms with E-state index in [4.69, 9.17) is 32.5 Å². The predicted octanol–water partition coefficient (Wildman–Crippen LogP) is 3.50. The number of nitrogens with one attached hydrogen (secondary N) is 2. The highest BCUT2D eigenvalue weighted by Crippen LogP contribution is 2.23. The largest absolute Gasteiger partial charge is 0.487 e. The summed E-state index contributed by atoms with van der Waals surface area (Å²) in [6, 6.07) is 17.1. The number of carbonyl (C=O) groups is 2. The first-order valence-corrected chi connectivity index (χ1v) is 14.6. The summed E-state index contributed by atoms with van der Waals surface area (Å²) in [5.41, 5.74) is 14.7. The monoisotopic (exact) mass is 630 g/mol. The molecule has 5 aromatic rings. The summed E-state index contributed by atoms with van der Waals surface area (Å²) in [6.07, 6.45) is 3.13. The van der Waals surface area contributed by atoms with Crippen LogP contribution in [0.5, 0.6) is 11.5 Å². The van der Waals surface area contributed by atoms with Crippen LogP contribution in [-0.2, 0) is 31.0 Å². The van der Waals surface area contributed by atoms with Crippen LogP contribution in [0, 0.1) is 0 Å². The van der Waals surface area contributed by atoms with E-state index in [0.717, 1.165) is 22.4 Å². The van der Waals surface area contributed by atoms with Crippen LogP contribution in [0.15, 0.2) is 67.0 Å². The fourth-order valence-corrected chi connectivity index (χ4v) is 4.99. The van der Waals surface area contributed by atoms with Crippen molar-refractivity contribution in [2.75, 3.05) is 23.4 Å². The van der Waals surface area contributed by atoms with Crippen molar-refractivity contribution in [3.63, 3.8) is 0 Å². The fourth-order valence-electron chi connectivity index (χ4n) is 4.86. The molecule has 6 N–H and O–H groups in total. The van der Waals surface area contributed by atoms with Crippen LogP contribution in [-0.4, -0.2) is 37.9 Å². The standard InChI is InChI=1S/C31H32ClN9O4/c1-3-40-23-11-10-21(45-18-25(42)37-20-12-22(15-35-14-20)44-17-19-8-6-5-7-9-19)13-24(23)41(4-2)26(40)16-36-31(43)27-29(33)39-30(34)28(32)38-27/h5-15H,3-4,16-18H2,1-2H3,(H5-,33,34,36,37,39,42,43)/p+1. The number of nitrogens with two attached hydrogens (primary N) is 2.